The van der Waals surface area contributed by atoms with Crippen molar-refractivity contribution < 1.29 is 4.79 Å². The SMILES string of the molecule is CCNC(=O)C(C)N[C@H](C)c1cccc(Br)c1. The fourth-order valence-corrected chi connectivity index (χ4v) is 2.07. The molecule has 2 atom stereocenters. The Labute approximate surface area is 111 Å². The molecule has 1 aromatic carbocycles. The summed E-state index contributed by atoms with van der Waals surface area (Å²) in [6.07, 6.45) is 0. The highest BCUT2D eigenvalue weighted by molar-refractivity contribution is 9.10. The Morgan fingerprint density at radius 3 is 2.71 bits per heavy atom. The molecule has 17 heavy (non-hydrogen) atoms. The minimum absolute atomic E-state index is 0.0364. The summed E-state index contributed by atoms with van der Waals surface area (Å²) in [5.41, 5.74) is 1.16. The molecular formula is C13H19BrN2O. The lowest BCUT2D eigenvalue weighted by atomic mass is 10.1. The van der Waals surface area contributed by atoms with Gasteiger partial charge in [0.2, 0.25) is 5.91 Å². The van der Waals surface area contributed by atoms with E-state index in [1.165, 1.54) is 0 Å². The number of carbonyl (C=O) groups is 1. The van der Waals surface area contributed by atoms with Crippen molar-refractivity contribution in [3.63, 3.8) is 0 Å². The van der Waals surface area contributed by atoms with E-state index in [1.807, 2.05) is 32.0 Å². The molecule has 94 valence electrons. The quantitative estimate of drug-likeness (QED) is 0.877. The van der Waals surface area contributed by atoms with Crippen LogP contribution < -0.4 is 10.6 Å². The van der Waals surface area contributed by atoms with Crippen LogP contribution in [0.25, 0.3) is 0 Å². The average molecular weight is 299 g/mol. The molecule has 0 radical (unpaired) electrons. The molecule has 0 heterocycles. The summed E-state index contributed by atoms with van der Waals surface area (Å²) in [4.78, 5) is 11.6. The molecular weight excluding hydrogens is 280 g/mol. The lowest BCUT2D eigenvalue weighted by molar-refractivity contribution is -0.122. The van der Waals surface area contributed by atoms with Gasteiger partial charge < -0.3 is 5.32 Å². The van der Waals surface area contributed by atoms with Crippen molar-refractivity contribution in [2.24, 2.45) is 0 Å². The molecule has 2 N–H and O–H groups in total. The third-order valence-corrected chi connectivity index (χ3v) is 3.09. The van der Waals surface area contributed by atoms with Crippen LogP contribution in [0.15, 0.2) is 28.7 Å². The Morgan fingerprint density at radius 2 is 2.12 bits per heavy atom. The molecule has 0 spiro atoms. The smallest absolute Gasteiger partial charge is 0.236 e. The molecule has 0 aliphatic heterocycles. The van der Waals surface area contributed by atoms with Gasteiger partial charge in [0.25, 0.3) is 0 Å². The predicted octanol–water partition coefficient (Wildman–Crippen LogP) is 2.62. The second-order valence-corrected chi connectivity index (χ2v) is 4.98. The first-order valence-electron chi connectivity index (χ1n) is 5.83. The van der Waals surface area contributed by atoms with E-state index in [-0.39, 0.29) is 18.0 Å². The first-order chi connectivity index (χ1) is 8.04. The third-order valence-electron chi connectivity index (χ3n) is 2.59. The van der Waals surface area contributed by atoms with E-state index >= 15 is 0 Å². The number of hydrogen-bond acceptors (Lipinski definition) is 2. The van der Waals surface area contributed by atoms with Crippen LogP contribution in [0.4, 0.5) is 0 Å². The lowest BCUT2D eigenvalue weighted by Gasteiger charge is -2.19. The van der Waals surface area contributed by atoms with E-state index in [0.29, 0.717) is 6.54 Å². The Kier molecular flexibility index (Phi) is 5.65. The first-order valence-corrected chi connectivity index (χ1v) is 6.63. The summed E-state index contributed by atoms with van der Waals surface area (Å²) in [6.45, 7) is 6.51. The average Bonchev–Trinajstić information content (AvgIpc) is 2.29. The molecule has 1 amide bonds. The summed E-state index contributed by atoms with van der Waals surface area (Å²) >= 11 is 3.44. The van der Waals surface area contributed by atoms with Crippen molar-refractivity contribution in [1.82, 2.24) is 10.6 Å². The van der Waals surface area contributed by atoms with Gasteiger partial charge in [-0.2, -0.15) is 0 Å². The molecule has 3 nitrogen and oxygen atoms in total. The molecule has 0 saturated heterocycles. The van der Waals surface area contributed by atoms with Crippen LogP contribution in [0.1, 0.15) is 32.4 Å². The largest absolute Gasteiger partial charge is 0.355 e. The van der Waals surface area contributed by atoms with Gasteiger partial charge >= 0.3 is 0 Å². The van der Waals surface area contributed by atoms with Gasteiger partial charge in [0.15, 0.2) is 0 Å². The summed E-state index contributed by atoms with van der Waals surface area (Å²) < 4.78 is 1.05. The van der Waals surface area contributed by atoms with Gasteiger partial charge in [-0.3, -0.25) is 10.1 Å². The van der Waals surface area contributed by atoms with Gasteiger partial charge in [-0.25, -0.2) is 0 Å². The summed E-state index contributed by atoms with van der Waals surface area (Å²) in [6, 6.07) is 8.04. The van der Waals surface area contributed by atoms with Gasteiger partial charge in [0.1, 0.15) is 0 Å². The van der Waals surface area contributed by atoms with E-state index in [0.717, 1.165) is 10.0 Å². The highest BCUT2D eigenvalue weighted by Crippen LogP contribution is 2.18. The molecule has 1 aromatic rings. The number of amides is 1. The van der Waals surface area contributed by atoms with E-state index < -0.39 is 0 Å². The van der Waals surface area contributed by atoms with Crippen molar-refractivity contribution in [3.8, 4) is 0 Å². The zero-order valence-corrected chi connectivity index (χ0v) is 12.0. The molecule has 0 aromatic heterocycles. The number of halogens is 1. The van der Waals surface area contributed by atoms with Gasteiger partial charge in [-0.1, -0.05) is 28.1 Å². The van der Waals surface area contributed by atoms with Gasteiger partial charge in [0.05, 0.1) is 6.04 Å². The zero-order chi connectivity index (χ0) is 12.8. The molecule has 0 bridgehead atoms. The third kappa shape index (κ3) is 4.48. The molecule has 0 fully saturated rings. The number of benzene rings is 1. The van der Waals surface area contributed by atoms with Crippen molar-refractivity contribution >= 4 is 21.8 Å². The fraction of sp³-hybridized carbons (Fsp3) is 0.462. The van der Waals surface area contributed by atoms with E-state index in [9.17, 15) is 4.79 Å². The standard InChI is InChI=1S/C13H19BrN2O/c1-4-15-13(17)10(3)16-9(2)11-6-5-7-12(14)8-11/h5-10,16H,4H2,1-3H3,(H,15,17)/t9-,10?/m1/s1. The van der Waals surface area contributed by atoms with Crippen molar-refractivity contribution in [1.29, 1.82) is 0 Å². The maximum Gasteiger partial charge on any atom is 0.236 e. The number of likely N-dealkylation sites (N-methyl/N-ethyl adjacent to an activating group) is 1. The Balaban J connectivity index is 2.60. The van der Waals surface area contributed by atoms with Gasteiger partial charge in [-0.05, 0) is 38.5 Å². The van der Waals surface area contributed by atoms with Crippen LogP contribution in [0, 0.1) is 0 Å². The lowest BCUT2D eigenvalue weighted by Crippen LogP contribution is -2.43. The topological polar surface area (TPSA) is 41.1 Å². The maximum absolute atomic E-state index is 11.6. The molecule has 1 rings (SSSR count). The zero-order valence-electron chi connectivity index (χ0n) is 10.5. The van der Waals surface area contributed by atoms with Crippen LogP contribution in [0.2, 0.25) is 0 Å². The Bertz CT molecular complexity index is 381. The number of carbonyl (C=O) groups excluding carboxylic acids is 1. The van der Waals surface area contributed by atoms with Crippen LogP contribution in [-0.4, -0.2) is 18.5 Å². The number of rotatable bonds is 5. The minimum atomic E-state index is -0.191. The highest BCUT2D eigenvalue weighted by Gasteiger charge is 2.15. The first kappa shape index (κ1) is 14.2. The molecule has 0 saturated carbocycles. The predicted molar refractivity (Wildman–Crippen MR) is 73.8 cm³/mol. The van der Waals surface area contributed by atoms with Crippen LogP contribution in [-0.2, 0) is 4.79 Å². The summed E-state index contributed by atoms with van der Waals surface area (Å²) in [7, 11) is 0. The van der Waals surface area contributed by atoms with Crippen molar-refractivity contribution in [3.05, 3.63) is 34.3 Å². The Hall–Kier alpha value is -0.870. The minimum Gasteiger partial charge on any atom is -0.355 e. The summed E-state index contributed by atoms with van der Waals surface area (Å²) in [5, 5.41) is 6.08. The van der Waals surface area contributed by atoms with E-state index in [2.05, 4.69) is 39.6 Å². The summed E-state index contributed by atoms with van der Waals surface area (Å²) in [5.74, 6) is 0.0364. The maximum atomic E-state index is 11.6. The number of nitrogens with one attached hydrogen (secondary N) is 2. The second-order valence-electron chi connectivity index (χ2n) is 4.06. The van der Waals surface area contributed by atoms with Gasteiger partial charge in [-0.15, -0.1) is 0 Å². The number of hydrogen-bond donors (Lipinski definition) is 2. The van der Waals surface area contributed by atoms with E-state index in [1.54, 1.807) is 0 Å². The second kappa shape index (κ2) is 6.77. The molecule has 4 heteroatoms. The molecule has 1 unspecified atom stereocenters. The molecule has 0 aliphatic carbocycles. The molecule has 0 aliphatic rings. The van der Waals surface area contributed by atoms with Crippen molar-refractivity contribution in [2.45, 2.75) is 32.9 Å². The van der Waals surface area contributed by atoms with Crippen LogP contribution in [0.5, 0.6) is 0 Å². The fourth-order valence-electron chi connectivity index (χ4n) is 1.65. The monoisotopic (exact) mass is 298 g/mol. The van der Waals surface area contributed by atoms with Gasteiger partial charge in [0, 0.05) is 17.1 Å². The highest BCUT2D eigenvalue weighted by atomic mass is 79.9. The van der Waals surface area contributed by atoms with Crippen LogP contribution in [0.3, 0.4) is 0 Å². The normalized spacial score (nSPS) is 14.1. The van der Waals surface area contributed by atoms with Crippen LogP contribution >= 0.6 is 15.9 Å². The van der Waals surface area contributed by atoms with Crippen molar-refractivity contribution in [2.75, 3.05) is 6.54 Å². The van der Waals surface area contributed by atoms with E-state index in [4.69, 9.17) is 0 Å². The Morgan fingerprint density at radius 1 is 1.41 bits per heavy atom.